The van der Waals surface area contributed by atoms with E-state index in [0.717, 1.165) is 29.1 Å². The normalized spacial score (nSPS) is 16.4. The molecule has 1 aliphatic heterocycles. The van der Waals surface area contributed by atoms with E-state index in [2.05, 4.69) is 18.7 Å². The van der Waals surface area contributed by atoms with Crippen LogP contribution in [0, 0.1) is 0 Å². The van der Waals surface area contributed by atoms with Gasteiger partial charge in [-0.15, -0.1) is 23.7 Å². The number of thiophene rings is 1. The van der Waals surface area contributed by atoms with Crippen LogP contribution in [-0.4, -0.2) is 74.4 Å². The zero-order valence-electron chi connectivity index (χ0n) is 20.3. The molecule has 1 saturated heterocycles. The molecular formula is C23H30Cl2N4O4S3. The molecule has 3 heterocycles. The molecule has 1 fully saturated rings. The number of ether oxygens (including phenoxy) is 1. The molecular weight excluding hydrogens is 563 g/mol. The minimum absolute atomic E-state index is 0. The number of amides is 1. The maximum atomic E-state index is 14.0. The van der Waals surface area contributed by atoms with Crippen LogP contribution in [0.4, 0.5) is 5.13 Å². The fourth-order valence-corrected chi connectivity index (χ4v) is 8.34. The van der Waals surface area contributed by atoms with Gasteiger partial charge in [-0.25, -0.2) is 13.4 Å². The van der Waals surface area contributed by atoms with Crippen molar-refractivity contribution in [1.82, 2.24) is 14.2 Å². The number of aromatic nitrogens is 1. The second-order valence-electron chi connectivity index (χ2n) is 8.15. The highest BCUT2D eigenvalue weighted by atomic mass is 35.5. The van der Waals surface area contributed by atoms with Gasteiger partial charge in [0.05, 0.1) is 16.8 Å². The van der Waals surface area contributed by atoms with Crippen LogP contribution < -0.4 is 9.64 Å². The average molecular weight is 594 g/mol. The van der Waals surface area contributed by atoms with Gasteiger partial charge in [0.25, 0.3) is 10.0 Å². The predicted molar refractivity (Wildman–Crippen MR) is 150 cm³/mol. The number of carbonyl (C=O) groups excluding carboxylic acids is 1. The van der Waals surface area contributed by atoms with E-state index in [0.29, 0.717) is 53.9 Å². The summed E-state index contributed by atoms with van der Waals surface area (Å²) in [5.41, 5.74) is 0.593. The van der Waals surface area contributed by atoms with Gasteiger partial charge >= 0.3 is 0 Å². The monoisotopic (exact) mass is 592 g/mol. The molecule has 1 atom stereocenters. The molecule has 2 aromatic heterocycles. The number of nitrogens with zero attached hydrogens (tertiary/aromatic N) is 4. The molecule has 0 radical (unpaired) electrons. The van der Waals surface area contributed by atoms with E-state index >= 15 is 0 Å². The van der Waals surface area contributed by atoms with Gasteiger partial charge in [-0.05, 0) is 49.5 Å². The minimum atomic E-state index is -3.75. The lowest BCUT2D eigenvalue weighted by molar-refractivity contribution is -0.121. The van der Waals surface area contributed by atoms with Crippen molar-refractivity contribution >= 4 is 78.0 Å². The first-order valence-electron chi connectivity index (χ1n) is 11.5. The molecule has 1 unspecified atom stereocenters. The van der Waals surface area contributed by atoms with Gasteiger partial charge in [-0.1, -0.05) is 42.9 Å². The number of likely N-dealkylation sites (N-methyl/N-ethyl adjacent to an activating group) is 1. The van der Waals surface area contributed by atoms with E-state index in [-0.39, 0.29) is 22.5 Å². The summed E-state index contributed by atoms with van der Waals surface area (Å²) in [5.74, 6) is 0.315. The van der Waals surface area contributed by atoms with Gasteiger partial charge in [0.2, 0.25) is 5.91 Å². The standard InChI is InChI=1S/C23H29ClN4O4S3.ClH/c1-4-26(5-2)13-14-27(23-25-20-18(32-3)11-10-16(24)21(20)34-23)22(29)17-8-6-12-28(17)35(30,31)19-9-7-15-33-19;/h7,9-11,15,17H,4-6,8,12-14H2,1-3H3;1H. The first kappa shape index (κ1) is 29.1. The molecule has 8 nitrogen and oxygen atoms in total. The Morgan fingerprint density at radius 3 is 2.64 bits per heavy atom. The number of hydrogen-bond acceptors (Lipinski definition) is 8. The quantitative estimate of drug-likeness (QED) is 0.330. The van der Waals surface area contributed by atoms with Gasteiger partial charge in [0.1, 0.15) is 21.5 Å². The second kappa shape index (κ2) is 12.4. The Morgan fingerprint density at radius 2 is 2.00 bits per heavy atom. The fourth-order valence-electron chi connectivity index (χ4n) is 4.28. The number of sulfonamides is 1. The fraction of sp³-hybridized carbons (Fsp3) is 0.478. The summed E-state index contributed by atoms with van der Waals surface area (Å²) in [6, 6.07) is 6.02. The van der Waals surface area contributed by atoms with Gasteiger partial charge in [-0.2, -0.15) is 4.31 Å². The molecule has 0 bridgehead atoms. The highest BCUT2D eigenvalue weighted by Crippen LogP contribution is 2.39. The van der Waals surface area contributed by atoms with E-state index in [1.807, 2.05) is 0 Å². The van der Waals surface area contributed by atoms with Crippen molar-refractivity contribution in [2.45, 2.75) is 36.9 Å². The zero-order valence-corrected chi connectivity index (χ0v) is 24.4. The van der Waals surface area contributed by atoms with Gasteiger partial charge in [0.15, 0.2) is 5.13 Å². The summed E-state index contributed by atoms with van der Waals surface area (Å²) < 4.78 is 34.4. The topological polar surface area (TPSA) is 83.0 Å². The van der Waals surface area contributed by atoms with Gasteiger partial charge in [-0.3, -0.25) is 9.69 Å². The van der Waals surface area contributed by atoms with E-state index in [4.69, 9.17) is 21.3 Å². The molecule has 36 heavy (non-hydrogen) atoms. The first-order valence-corrected chi connectivity index (χ1v) is 15.0. The van der Waals surface area contributed by atoms with Crippen molar-refractivity contribution in [3.05, 3.63) is 34.7 Å². The lowest BCUT2D eigenvalue weighted by atomic mass is 10.2. The number of carbonyl (C=O) groups is 1. The van der Waals surface area contributed by atoms with Crippen LogP contribution in [0.25, 0.3) is 10.2 Å². The molecule has 0 aliphatic carbocycles. The van der Waals surface area contributed by atoms with Crippen LogP contribution in [0.2, 0.25) is 5.02 Å². The Hall–Kier alpha value is -1.47. The van der Waals surface area contributed by atoms with Crippen molar-refractivity contribution in [3.8, 4) is 5.75 Å². The Morgan fingerprint density at radius 1 is 1.25 bits per heavy atom. The van der Waals surface area contributed by atoms with Crippen molar-refractivity contribution in [2.24, 2.45) is 0 Å². The zero-order chi connectivity index (χ0) is 25.2. The maximum Gasteiger partial charge on any atom is 0.253 e. The first-order chi connectivity index (χ1) is 16.8. The molecule has 3 aromatic rings. The van der Waals surface area contributed by atoms with E-state index < -0.39 is 16.1 Å². The molecule has 198 valence electrons. The Bertz CT molecular complexity index is 1280. The molecule has 0 N–H and O–H groups in total. The maximum absolute atomic E-state index is 14.0. The van der Waals surface area contributed by atoms with E-state index in [1.165, 1.54) is 15.6 Å². The molecule has 1 aliphatic rings. The highest BCUT2D eigenvalue weighted by Gasteiger charge is 2.42. The summed E-state index contributed by atoms with van der Waals surface area (Å²) >= 11 is 8.92. The summed E-state index contributed by atoms with van der Waals surface area (Å²) in [5, 5.41) is 2.75. The van der Waals surface area contributed by atoms with Crippen molar-refractivity contribution < 1.29 is 17.9 Å². The average Bonchev–Trinajstić information content (AvgIpc) is 3.62. The van der Waals surface area contributed by atoms with Gasteiger partial charge in [0, 0.05) is 19.6 Å². The minimum Gasteiger partial charge on any atom is -0.494 e. The highest BCUT2D eigenvalue weighted by molar-refractivity contribution is 7.91. The number of hydrogen-bond donors (Lipinski definition) is 0. The summed E-state index contributed by atoms with van der Waals surface area (Å²) in [4.78, 5) is 22.6. The summed E-state index contributed by atoms with van der Waals surface area (Å²) in [6.07, 6.45) is 1.10. The number of benzene rings is 1. The Labute approximate surface area is 231 Å². The van der Waals surface area contributed by atoms with Crippen molar-refractivity contribution in [1.29, 1.82) is 0 Å². The smallest absolute Gasteiger partial charge is 0.253 e. The lowest BCUT2D eigenvalue weighted by Crippen LogP contribution is -2.49. The third-order valence-corrected chi connectivity index (χ3v) is 11.1. The van der Waals surface area contributed by atoms with Crippen molar-refractivity contribution in [3.63, 3.8) is 0 Å². The number of fused-ring (bicyclic) bond motifs is 1. The van der Waals surface area contributed by atoms with Crippen LogP contribution >= 0.6 is 46.7 Å². The third kappa shape index (κ3) is 5.67. The Balaban J connectivity index is 0.00000361. The predicted octanol–water partition coefficient (Wildman–Crippen LogP) is 4.97. The SMILES string of the molecule is CCN(CC)CCN(C(=O)C1CCCN1S(=O)(=O)c1cccs1)c1nc2c(OC)ccc(Cl)c2s1.Cl. The number of rotatable bonds is 10. The Kier molecular flexibility index (Phi) is 10.0. The number of anilines is 1. The number of halogens is 2. The van der Waals surface area contributed by atoms with Gasteiger partial charge < -0.3 is 9.64 Å². The van der Waals surface area contributed by atoms with Crippen LogP contribution in [0.15, 0.2) is 33.9 Å². The lowest BCUT2D eigenvalue weighted by Gasteiger charge is -2.29. The van der Waals surface area contributed by atoms with Crippen LogP contribution in [0.1, 0.15) is 26.7 Å². The number of thiazole rings is 1. The van der Waals surface area contributed by atoms with E-state index in [9.17, 15) is 13.2 Å². The molecule has 1 amide bonds. The van der Waals surface area contributed by atoms with Crippen LogP contribution in [0.5, 0.6) is 5.75 Å². The molecule has 4 rings (SSSR count). The summed E-state index contributed by atoms with van der Waals surface area (Å²) in [7, 11) is -2.19. The van der Waals surface area contributed by atoms with Crippen LogP contribution in [0.3, 0.4) is 0 Å². The van der Waals surface area contributed by atoms with Crippen molar-refractivity contribution in [2.75, 3.05) is 44.7 Å². The second-order valence-corrected chi connectivity index (χ2v) is 12.6. The molecule has 13 heteroatoms. The molecule has 0 saturated carbocycles. The largest absolute Gasteiger partial charge is 0.494 e. The molecule has 0 spiro atoms. The van der Waals surface area contributed by atoms with E-state index in [1.54, 1.807) is 41.7 Å². The number of methoxy groups -OCH3 is 1. The summed E-state index contributed by atoms with van der Waals surface area (Å²) in [6.45, 7) is 7.20. The third-order valence-electron chi connectivity index (χ3n) is 6.25. The molecule has 1 aromatic carbocycles. The van der Waals surface area contributed by atoms with Crippen LogP contribution in [-0.2, 0) is 14.8 Å².